The van der Waals surface area contributed by atoms with E-state index in [4.69, 9.17) is 14.2 Å². The minimum atomic E-state index is -1.14. The van der Waals surface area contributed by atoms with E-state index in [0.29, 0.717) is 12.8 Å². The number of carboxylic acid groups (broad SMARTS) is 1. The largest absolute Gasteiger partial charge is 0.544 e. The number of hydrogen-bond acceptors (Lipinski definition) is 7. The van der Waals surface area contributed by atoms with Gasteiger partial charge in [-0.3, -0.25) is 9.59 Å². The summed E-state index contributed by atoms with van der Waals surface area (Å²) in [4.78, 5) is 36.8. The van der Waals surface area contributed by atoms with E-state index in [1.807, 2.05) is 54.7 Å². The van der Waals surface area contributed by atoms with Crippen molar-refractivity contribution >= 4 is 17.9 Å². The summed E-state index contributed by atoms with van der Waals surface area (Å²) in [5.41, 5.74) is 0. The van der Waals surface area contributed by atoms with Crippen LogP contribution >= 0.6 is 0 Å². The second-order valence-corrected chi connectivity index (χ2v) is 16.4. The molecule has 0 spiro atoms. The molecule has 0 aliphatic rings. The molecule has 0 radical (unpaired) electrons. The zero-order chi connectivity index (χ0) is 42.1. The van der Waals surface area contributed by atoms with Crippen molar-refractivity contribution in [2.75, 3.05) is 41.0 Å². The highest BCUT2D eigenvalue weighted by molar-refractivity contribution is 5.70. The smallest absolute Gasteiger partial charge is 0.306 e. The van der Waals surface area contributed by atoms with E-state index in [9.17, 15) is 19.5 Å². The van der Waals surface area contributed by atoms with Crippen LogP contribution in [0.15, 0.2) is 60.8 Å². The maximum absolute atomic E-state index is 12.7. The number of nitrogens with zero attached hydrogens (tertiary/aromatic N) is 1. The monoisotopic (exact) mass is 800 g/mol. The van der Waals surface area contributed by atoms with Crippen LogP contribution in [0.1, 0.15) is 181 Å². The van der Waals surface area contributed by atoms with Gasteiger partial charge >= 0.3 is 11.9 Å². The molecule has 0 rings (SSSR count). The number of unbranched alkanes of at least 4 members (excludes halogenated alkanes) is 20. The van der Waals surface area contributed by atoms with Crippen molar-refractivity contribution < 1.29 is 38.2 Å². The predicted molar refractivity (Wildman–Crippen MR) is 236 cm³/mol. The van der Waals surface area contributed by atoms with Crippen LogP contribution in [0, 0.1) is 0 Å². The first-order valence-corrected chi connectivity index (χ1v) is 22.9. The van der Waals surface area contributed by atoms with Gasteiger partial charge in [-0.1, -0.05) is 197 Å². The lowest BCUT2D eigenvalue weighted by molar-refractivity contribution is -0.889. The van der Waals surface area contributed by atoms with Gasteiger partial charge in [0.1, 0.15) is 12.6 Å². The van der Waals surface area contributed by atoms with Gasteiger partial charge in [-0.15, -0.1) is 0 Å². The molecule has 0 aromatic heterocycles. The molecule has 0 saturated carbocycles. The molecule has 57 heavy (non-hydrogen) atoms. The highest BCUT2D eigenvalue weighted by Crippen LogP contribution is 2.16. The van der Waals surface area contributed by atoms with Crippen molar-refractivity contribution in [3.63, 3.8) is 0 Å². The summed E-state index contributed by atoms with van der Waals surface area (Å²) < 4.78 is 17.1. The second-order valence-electron chi connectivity index (χ2n) is 16.4. The molecule has 0 saturated heterocycles. The van der Waals surface area contributed by atoms with E-state index in [2.05, 4.69) is 19.9 Å². The minimum Gasteiger partial charge on any atom is -0.544 e. The van der Waals surface area contributed by atoms with E-state index >= 15 is 0 Å². The Bertz CT molecular complexity index is 1120. The van der Waals surface area contributed by atoms with Crippen LogP contribution in [0.3, 0.4) is 0 Å². The van der Waals surface area contributed by atoms with Gasteiger partial charge < -0.3 is 28.6 Å². The van der Waals surface area contributed by atoms with Gasteiger partial charge in [0.2, 0.25) is 0 Å². The average molecular weight is 800 g/mol. The topological polar surface area (TPSA) is 102 Å². The molecule has 0 fully saturated rings. The van der Waals surface area contributed by atoms with Gasteiger partial charge in [0.15, 0.2) is 6.10 Å². The van der Waals surface area contributed by atoms with Crippen molar-refractivity contribution in [3.8, 4) is 0 Å². The summed E-state index contributed by atoms with van der Waals surface area (Å²) in [7, 11) is 5.38. The Morgan fingerprint density at radius 3 is 1.44 bits per heavy atom. The Kier molecular flexibility index (Phi) is 37.8. The zero-order valence-electron chi connectivity index (χ0n) is 37.2. The first-order valence-electron chi connectivity index (χ1n) is 22.9. The van der Waals surface area contributed by atoms with Crippen molar-refractivity contribution in [1.29, 1.82) is 0 Å². The zero-order valence-corrected chi connectivity index (χ0v) is 37.2. The van der Waals surface area contributed by atoms with E-state index in [0.717, 1.165) is 32.1 Å². The number of carboxylic acids is 1. The third kappa shape index (κ3) is 38.3. The Labute approximate surface area is 349 Å². The second kappa shape index (κ2) is 39.8. The molecule has 0 aliphatic heterocycles. The van der Waals surface area contributed by atoms with Crippen molar-refractivity contribution in [3.05, 3.63) is 60.8 Å². The lowest BCUT2D eigenvalue weighted by Gasteiger charge is -2.34. The summed E-state index contributed by atoms with van der Waals surface area (Å²) in [6, 6.07) is -0.737. The van der Waals surface area contributed by atoms with Gasteiger partial charge in [-0.05, 0) is 25.7 Å². The summed E-state index contributed by atoms with van der Waals surface area (Å²) in [6.45, 7) is 4.45. The van der Waals surface area contributed by atoms with Gasteiger partial charge in [-0.2, -0.15) is 0 Å². The molecule has 0 aliphatic carbocycles. The SMILES string of the molecule is CC/C=C/C=C/C=C/C=C/C=C/CCCC(=O)OCC(COCCC(C(=O)[O-])[N+](C)(C)C)OC(=O)CCCCCCCCCCCCCCCCCCCCCC. The molecule has 0 aromatic rings. The predicted octanol–water partition coefficient (Wildman–Crippen LogP) is 11.2. The molecule has 0 bridgehead atoms. The first kappa shape index (κ1) is 54.0. The number of rotatable bonds is 40. The lowest BCUT2D eigenvalue weighted by atomic mass is 10.0. The maximum atomic E-state index is 12.7. The van der Waals surface area contributed by atoms with Gasteiger partial charge in [0.05, 0.1) is 40.3 Å². The Hall–Kier alpha value is -2.97. The van der Waals surface area contributed by atoms with Crippen LogP contribution in [0.5, 0.6) is 0 Å². The van der Waals surface area contributed by atoms with Crippen LogP contribution in [-0.4, -0.2) is 75.5 Å². The molecular formula is C49H85NO7. The summed E-state index contributed by atoms with van der Waals surface area (Å²) in [5.74, 6) is -1.83. The first-order chi connectivity index (χ1) is 27.6. The normalized spacial score (nSPS) is 13.5. The number of aliphatic carboxylic acids is 1. The fourth-order valence-corrected chi connectivity index (χ4v) is 6.51. The van der Waals surface area contributed by atoms with Crippen LogP contribution in [0.25, 0.3) is 0 Å². The van der Waals surface area contributed by atoms with E-state index < -0.39 is 18.1 Å². The summed E-state index contributed by atoms with van der Waals surface area (Å²) in [6.07, 6.45) is 48.4. The molecule has 0 aromatic carbocycles. The summed E-state index contributed by atoms with van der Waals surface area (Å²) in [5, 5.41) is 11.6. The fraction of sp³-hybridized carbons (Fsp3) is 0.735. The van der Waals surface area contributed by atoms with Crippen molar-refractivity contribution in [2.24, 2.45) is 0 Å². The molecule has 8 heteroatoms. The number of esters is 2. The number of hydrogen-bond donors (Lipinski definition) is 0. The third-order valence-electron chi connectivity index (χ3n) is 10.0. The Morgan fingerprint density at radius 1 is 0.544 bits per heavy atom. The minimum absolute atomic E-state index is 0.0178. The van der Waals surface area contributed by atoms with Gasteiger partial charge in [-0.25, -0.2) is 0 Å². The van der Waals surface area contributed by atoms with Crippen LogP contribution in [0.4, 0.5) is 0 Å². The molecule has 2 unspecified atom stereocenters. The van der Waals surface area contributed by atoms with Crippen LogP contribution in [-0.2, 0) is 28.6 Å². The van der Waals surface area contributed by atoms with Crippen molar-refractivity contribution in [1.82, 2.24) is 0 Å². The van der Waals surface area contributed by atoms with E-state index in [1.165, 1.54) is 109 Å². The lowest BCUT2D eigenvalue weighted by Crippen LogP contribution is -2.55. The van der Waals surface area contributed by atoms with Gasteiger partial charge in [0, 0.05) is 19.3 Å². The highest BCUT2D eigenvalue weighted by Gasteiger charge is 2.25. The molecule has 8 nitrogen and oxygen atoms in total. The Balaban J connectivity index is 4.34. The van der Waals surface area contributed by atoms with Crippen LogP contribution < -0.4 is 5.11 Å². The quantitative estimate of drug-likeness (QED) is 0.0263. The molecule has 0 N–H and O–H groups in total. The third-order valence-corrected chi connectivity index (χ3v) is 10.0. The maximum Gasteiger partial charge on any atom is 0.306 e. The van der Waals surface area contributed by atoms with Crippen LogP contribution in [0.2, 0.25) is 0 Å². The van der Waals surface area contributed by atoms with E-state index in [-0.39, 0.29) is 49.1 Å². The molecule has 2 atom stereocenters. The van der Waals surface area contributed by atoms with Gasteiger partial charge in [0.25, 0.3) is 0 Å². The number of likely N-dealkylation sites (N-methyl/N-ethyl adjacent to an activating group) is 1. The average Bonchev–Trinajstić information content (AvgIpc) is 3.17. The highest BCUT2D eigenvalue weighted by atomic mass is 16.6. The number of carbonyl (C=O) groups is 3. The molecule has 328 valence electrons. The molecule has 0 heterocycles. The Morgan fingerprint density at radius 2 is 0.982 bits per heavy atom. The standard InChI is InChI=1S/C49H85NO7/c1-6-8-10-12-14-16-18-20-21-22-23-24-25-26-28-30-32-34-36-38-40-48(52)57-45(43-55-42-41-46(49(53)54)50(3,4)5)44-56-47(51)39-37-35-33-31-29-27-19-17-15-13-11-9-7-2/h9,11,13,15,17,19,27,29,31,33,45-46H,6-8,10,12,14,16,18,20-26,28,30,32,34-44H2,1-5H3/b11-9+,15-13+,19-17+,29-27+,33-31+. The van der Waals surface area contributed by atoms with Crippen molar-refractivity contribution in [2.45, 2.75) is 193 Å². The van der Waals surface area contributed by atoms with E-state index in [1.54, 1.807) is 21.1 Å². The summed E-state index contributed by atoms with van der Waals surface area (Å²) >= 11 is 0. The number of ether oxygens (including phenoxy) is 3. The number of quaternary nitrogens is 1. The number of allylic oxidation sites excluding steroid dienone is 10. The number of carbonyl (C=O) groups excluding carboxylic acids is 3. The molecule has 0 amide bonds. The molecular weight excluding hydrogens is 715 g/mol. The fourth-order valence-electron chi connectivity index (χ4n) is 6.51.